The molecule has 22 heavy (non-hydrogen) atoms. The number of rotatable bonds is 7. The summed E-state index contributed by atoms with van der Waals surface area (Å²) < 4.78 is 0. The minimum Gasteiger partial charge on any atom is -0.354 e. The van der Waals surface area contributed by atoms with Crippen LogP contribution in [-0.4, -0.2) is 60.9 Å². The predicted molar refractivity (Wildman–Crippen MR) is 96.5 cm³/mol. The number of hydrogen-bond donors (Lipinski definition) is 1. The maximum Gasteiger partial charge on any atom is 0.226 e. The first-order chi connectivity index (χ1) is 10.7. The predicted octanol–water partition coefficient (Wildman–Crippen LogP) is 3.21. The molecule has 0 atom stereocenters. The molecule has 1 aromatic heterocycles. The number of likely N-dealkylation sites (N-methyl/N-ethyl adjacent to an activating group) is 1. The lowest BCUT2D eigenvalue weighted by atomic mass is 10.2. The van der Waals surface area contributed by atoms with E-state index in [1.165, 1.54) is 12.8 Å². The number of unbranched alkanes of at least 4 members (excludes halogenated alkanes) is 2. The maximum atomic E-state index is 6.37. The standard InChI is InChI=1S/C15H26ClN5S/c1-4-5-6-7-17-15-18-13(16)12(22-3)14(19-15)21-10-8-20(2)9-11-21/h4-11H2,1-3H3,(H,17,18,19). The van der Waals surface area contributed by atoms with Crippen LogP contribution in [0.25, 0.3) is 0 Å². The van der Waals surface area contributed by atoms with E-state index in [4.69, 9.17) is 16.6 Å². The van der Waals surface area contributed by atoms with Crippen molar-refractivity contribution in [3.63, 3.8) is 0 Å². The maximum absolute atomic E-state index is 6.37. The van der Waals surface area contributed by atoms with Crippen LogP contribution in [-0.2, 0) is 0 Å². The number of piperazine rings is 1. The summed E-state index contributed by atoms with van der Waals surface area (Å²) in [6.45, 7) is 7.15. The van der Waals surface area contributed by atoms with Crippen molar-refractivity contribution in [3.8, 4) is 0 Å². The number of nitrogens with zero attached hydrogens (tertiary/aromatic N) is 4. The molecule has 1 saturated heterocycles. The lowest BCUT2D eigenvalue weighted by Crippen LogP contribution is -2.45. The average Bonchev–Trinajstić information content (AvgIpc) is 2.52. The summed E-state index contributed by atoms with van der Waals surface area (Å²) in [5.74, 6) is 1.62. The van der Waals surface area contributed by atoms with Gasteiger partial charge in [0, 0.05) is 32.7 Å². The second kappa shape index (κ2) is 8.79. The van der Waals surface area contributed by atoms with E-state index in [-0.39, 0.29) is 0 Å². The van der Waals surface area contributed by atoms with Gasteiger partial charge in [-0.05, 0) is 19.7 Å². The topological polar surface area (TPSA) is 44.3 Å². The van der Waals surface area contributed by atoms with Gasteiger partial charge in [-0.15, -0.1) is 11.8 Å². The fourth-order valence-electron chi connectivity index (χ4n) is 2.47. The lowest BCUT2D eigenvalue weighted by Gasteiger charge is -2.34. The highest BCUT2D eigenvalue weighted by Gasteiger charge is 2.21. The third-order valence-electron chi connectivity index (χ3n) is 3.88. The molecule has 124 valence electrons. The van der Waals surface area contributed by atoms with Crippen LogP contribution in [0.2, 0.25) is 5.15 Å². The molecule has 0 saturated carbocycles. The van der Waals surface area contributed by atoms with Crippen LogP contribution in [0.1, 0.15) is 26.2 Å². The number of hydrogen-bond acceptors (Lipinski definition) is 6. The Morgan fingerprint density at radius 1 is 1.18 bits per heavy atom. The van der Waals surface area contributed by atoms with Crippen molar-refractivity contribution >= 4 is 35.1 Å². The zero-order valence-corrected chi connectivity index (χ0v) is 15.3. The first-order valence-corrected chi connectivity index (χ1v) is 9.54. The Balaban J connectivity index is 2.13. The van der Waals surface area contributed by atoms with E-state index in [0.29, 0.717) is 11.1 Å². The summed E-state index contributed by atoms with van der Waals surface area (Å²) in [5, 5.41) is 3.86. The van der Waals surface area contributed by atoms with Crippen molar-refractivity contribution in [2.24, 2.45) is 0 Å². The molecule has 1 aromatic rings. The minimum absolute atomic E-state index is 0.550. The molecule has 1 aliphatic rings. The Morgan fingerprint density at radius 2 is 1.91 bits per heavy atom. The molecular formula is C15H26ClN5S. The Kier molecular flexibility index (Phi) is 7.05. The van der Waals surface area contributed by atoms with Gasteiger partial charge in [0.15, 0.2) is 0 Å². The van der Waals surface area contributed by atoms with Crippen molar-refractivity contribution in [2.75, 3.05) is 56.2 Å². The van der Waals surface area contributed by atoms with E-state index in [0.717, 1.165) is 49.9 Å². The van der Waals surface area contributed by atoms with Gasteiger partial charge in [0.1, 0.15) is 11.0 Å². The third-order valence-corrected chi connectivity index (χ3v) is 5.05. The normalized spacial score (nSPS) is 16.1. The number of nitrogens with one attached hydrogen (secondary N) is 1. The van der Waals surface area contributed by atoms with Gasteiger partial charge in [0.05, 0.1) is 4.90 Å². The van der Waals surface area contributed by atoms with Crippen molar-refractivity contribution in [2.45, 2.75) is 31.1 Å². The van der Waals surface area contributed by atoms with Gasteiger partial charge in [-0.3, -0.25) is 0 Å². The lowest BCUT2D eigenvalue weighted by molar-refractivity contribution is 0.311. The highest BCUT2D eigenvalue weighted by molar-refractivity contribution is 7.98. The van der Waals surface area contributed by atoms with Crippen molar-refractivity contribution < 1.29 is 0 Å². The molecule has 5 nitrogen and oxygen atoms in total. The summed E-state index contributed by atoms with van der Waals surface area (Å²) in [6, 6.07) is 0. The molecule has 1 fully saturated rings. The summed E-state index contributed by atoms with van der Waals surface area (Å²) >= 11 is 7.99. The Labute approximate surface area is 142 Å². The van der Waals surface area contributed by atoms with Crippen LogP contribution in [0.4, 0.5) is 11.8 Å². The van der Waals surface area contributed by atoms with E-state index >= 15 is 0 Å². The monoisotopic (exact) mass is 343 g/mol. The van der Waals surface area contributed by atoms with Gasteiger partial charge in [-0.2, -0.15) is 9.97 Å². The van der Waals surface area contributed by atoms with Crippen LogP contribution in [0.3, 0.4) is 0 Å². The molecule has 0 radical (unpaired) electrons. The number of halogens is 1. The number of thioether (sulfide) groups is 1. The average molecular weight is 344 g/mol. The second-order valence-electron chi connectivity index (χ2n) is 5.62. The van der Waals surface area contributed by atoms with Gasteiger partial charge in [-0.1, -0.05) is 31.4 Å². The largest absolute Gasteiger partial charge is 0.354 e. The van der Waals surface area contributed by atoms with Crippen LogP contribution in [0, 0.1) is 0 Å². The fourth-order valence-corrected chi connectivity index (χ4v) is 3.44. The van der Waals surface area contributed by atoms with E-state index in [2.05, 4.69) is 34.1 Å². The Morgan fingerprint density at radius 3 is 2.55 bits per heavy atom. The minimum atomic E-state index is 0.550. The highest BCUT2D eigenvalue weighted by atomic mass is 35.5. The molecule has 0 bridgehead atoms. The molecule has 1 aliphatic heterocycles. The van der Waals surface area contributed by atoms with E-state index in [9.17, 15) is 0 Å². The summed E-state index contributed by atoms with van der Waals surface area (Å²) in [6.07, 6.45) is 5.58. The summed E-state index contributed by atoms with van der Waals surface area (Å²) in [7, 11) is 2.15. The Bertz CT molecular complexity index is 477. The zero-order chi connectivity index (χ0) is 15.9. The molecule has 0 aliphatic carbocycles. The molecule has 1 N–H and O–H groups in total. The molecule has 2 heterocycles. The zero-order valence-electron chi connectivity index (χ0n) is 13.7. The first kappa shape index (κ1) is 17.6. The molecule has 0 aromatic carbocycles. The summed E-state index contributed by atoms with van der Waals surface area (Å²) in [4.78, 5) is 14.8. The first-order valence-electron chi connectivity index (χ1n) is 7.94. The van der Waals surface area contributed by atoms with Crippen LogP contribution in [0.5, 0.6) is 0 Å². The molecule has 7 heteroatoms. The smallest absolute Gasteiger partial charge is 0.226 e. The van der Waals surface area contributed by atoms with Gasteiger partial charge in [0.25, 0.3) is 0 Å². The van der Waals surface area contributed by atoms with E-state index in [1.807, 2.05) is 6.26 Å². The molecule has 0 amide bonds. The van der Waals surface area contributed by atoms with Crippen molar-refractivity contribution in [1.82, 2.24) is 14.9 Å². The van der Waals surface area contributed by atoms with Crippen LogP contribution >= 0.6 is 23.4 Å². The van der Waals surface area contributed by atoms with Crippen molar-refractivity contribution in [1.29, 1.82) is 0 Å². The molecule has 2 rings (SSSR count). The van der Waals surface area contributed by atoms with Crippen LogP contribution < -0.4 is 10.2 Å². The molecule has 0 spiro atoms. The van der Waals surface area contributed by atoms with E-state index < -0.39 is 0 Å². The second-order valence-corrected chi connectivity index (χ2v) is 6.79. The van der Waals surface area contributed by atoms with Gasteiger partial charge in [-0.25, -0.2) is 0 Å². The third kappa shape index (κ3) is 4.64. The Hall–Kier alpha value is -0.720. The van der Waals surface area contributed by atoms with Crippen LogP contribution in [0.15, 0.2) is 4.90 Å². The molecule has 0 unspecified atom stereocenters. The van der Waals surface area contributed by atoms with Gasteiger partial charge < -0.3 is 15.1 Å². The number of anilines is 2. The molecular weight excluding hydrogens is 318 g/mol. The fraction of sp³-hybridized carbons (Fsp3) is 0.733. The van der Waals surface area contributed by atoms with Gasteiger partial charge in [0.2, 0.25) is 5.95 Å². The quantitative estimate of drug-likeness (QED) is 0.466. The SMILES string of the molecule is CCCCCNc1nc(Cl)c(SC)c(N2CCN(C)CC2)n1. The highest BCUT2D eigenvalue weighted by Crippen LogP contribution is 2.34. The number of aromatic nitrogens is 2. The van der Waals surface area contributed by atoms with Crippen molar-refractivity contribution in [3.05, 3.63) is 5.15 Å². The van der Waals surface area contributed by atoms with E-state index in [1.54, 1.807) is 11.8 Å². The van der Waals surface area contributed by atoms with Gasteiger partial charge >= 0.3 is 0 Å². The summed E-state index contributed by atoms with van der Waals surface area (Å²) in [5.41, 5.74) is 0.